The van der Waals surface area contributed by atoms with Gasteiger partial charge in [-0.25, -0.2) is 4.68 Å². The molecule has 7 heteroatoms. The van der Waals surface area contributed by atoms with Crippen LogP contribution in [0.1, 0.15) is 16.9 Å². The minimum atomic E-state index is -0.0301. The lowest BCUT2D eigenvalue weighted by molar-refractivity contribution is 0.0737. The van der Waals surface area contributed by atoms with E-state index in [9.17, 15) is 4.79 Å². The summed E-state index contributed by atoms with van der Waals surface area (Å²) in [7, 11) is 1.85. The number of likely N-dealkylation sites (N-methyl/N-ethyl adjacent to an activating group) is 1. The molecule has 5 nitrogen and oxygen atoms in total. The van der Waals surface area contributed by atoms with Gasteiger partial charge in [0, 0.05) is 30.3 Å². The number of aromatic nitrogens is 2. The maximum atomic E-state index is 12.5. The van der Waals surface area contributed by atoms with E-state index in [1.165, 1.54) is 0 Å². The van der Waals surface area contributed by atoms with Crippen molar-refractivity contribution in [3.63, 3.8) is 0 Å². The summed E-state index contributed by atoms with van der Waals surface area (Å²) in [5, 5.41) is 7.67. The fourth-order valence-corrected chi connectivity index (χ4v) is 2.90. The topological polar surface area (TPSA) is 50.2 Å². The molecule has 1 aromatic heterocycles. The highest BCUT2D eigenvalue weighted by atomic mass is 79.9. The zero-order valence-corrected chi connectivity index (χ0v) is 14.6. The molecular weight excluding hydrogens is 368 g/mol. The Balaban J connectivity index is 0.00000176. The molecule has 0 bridgehead atoms. The van der Waals surface area contributed by atoms with E-state index in [4.69, 9.17) is 0 Å². The second-order valence-corrected chi connectivity index (χ2v) is 6.10. The van der Waals surface area contributed by atoms with E-state index in [0.29, 0.717) is 5.69 Å². The molecule has 0 saturated carbocycles. The normalized spacial score (nSPS) is 17.1. The molecular formula is C15H18BrClN4O. The predicted octanol–water partition coefficient (Wildman–Crippen LogP) is 2.49. The van der Waals surface area contributed by atoms with Gasteiger partial charge in [0.15, 0.2) is 5.69 Å². The number of amides is 1. The number of carbonyl (C=O) groups is 1. The second-order valence-electron chi connectivity index (χ2n) is 5.19. The molecule has 1 N–H and O–H groups in total. The molecule has 1 unspecified atom stereocenters. The Labute approximate surface area is 144 Å². The van der Waals surface area contributed by atoms with Gasteiger partial charge in [-0.3, -0.25) is 4.79 Å². The van der Waals surface area contributed by atoms with Crippen LogP contribution in [-0.4, -0.2) is 46.8 Å². The van der Waals surface area contributed by atoms with Gasteiger partial charge < -0.3 is 10.2 Å². The number of hydrogen-bond acceptors (Lipinski definition) is 3. The second kappa shape index (κ2) is 7.26. The van der Waals surface area contributed by atoms with Crippen molar-refractivity contribution < 1.29 is 4.79 Å². The molecule has 0 radical (unpaired) electrons. The van der Waals surface area contributed by atoms with Crippen LogP contribution in [0.25, 0.3) is 5.69 Å². The van der Waals surface area contributed by atoms with Gasteiger partial charge in [-0.2, -0.15) is 5.10 Å². The Morgan fingerprint density at radius 3 is 2.95 bits per heavy atom. The molecule has 1 amide bonds. The van der Waals surface area contributed by atoms with Crippen LogP contribution in [0.5, 0.6) is 0 Å². The maximum absolute atomic E-state index is 12.5. The Hall–Kier alpha value is -1.37. The van der Waals surface area contributed by atoms with Crippen LogP contribution in [0.2, 0.25) is 0 Å². The lowest BCUT2D eigenvalue weighted by atomic mass is 10.2. The van der Waals surface area contributed by atoms with Crippen LogP contribution >= 0.6 is 28.3 Å². The van der Waals surface area contributed by atoms with Crippen LogP contribution in [0.4, 0.5) is 0 Å². The molecule has 1 atom stereocenters. The van der Waals surface area contributed by atoms with Crippen molar-refractivity contribution in [3.8, 4) is 5.69 Å². The molecule has 2 heterocycles. The van der Waals surface area contributed by atoms with Crippen molar-refractivity contribution >= 4 is 34.2 Å². The Morgan fingerprint density at radius 2 is 2.27 bits per heavy atom. The minimum Gasteiger partial charge on any atom is -0.336 e. The number of hydrogen-bond donors (Lipinski definition) is 1. The average molecular weight is 386 g/mol. The number of nitrogens with zero attached hydrogens (tertiary/aromatic N) is 3. The standard InChI is InChI=1S/C15H17BrN4O.ClH/c1-19(13-5-7-17-10-13)15(21)14-6-8-20(18-14)12-4-2-3-11(16)9-12;/h2-4,6,8-9,13,17H,5,7,10H2,1H3;1H. The van der Waals surface area contributed by atoms with Gasteiger partial charge in [0.1, 0.15) is 0 Å². The van der Waals surface area contributed by atoms with E-state index in [-0.39, 0.29) is 24.4 Å². The van der Waals surface area contributed by atoms with Gasteiger partial charge in [0.2, 0.25) is 0 Å². The molecule has 1 aliphatic heterocycles. The maximum Gasteiger partial charge on any atom is 0.274 e. The van der Waals surface area contributed by atoms with E-state index < -0.39 is 0 Å². The van der Waals surface area contributed by atoms with Crippen LogP contribution in [0.15, 0.2) is 41.0 Å². The van der Waals surface area contributed by atoms with Gasteiger partial charge in [0.25, 0.3) is 5.91 Å². The number of benzene rings is 1. The summed E-state index contributed by atoms with van der Waals surface area (Å²) in [6.07, 6.45) is 2.81. The van der Waals surface area contributed by atoms with Crippen molar-refractivity contribution in [2.24, 2.45) is 0 Å². The zero-order valence-electron chi connectivity index (χ0n) is 12.2. The number of halogens is 2. The third-order valence-corrected chi connectivity index (χ3v) is 4.28. The highest BCUT2D eigenvalue weighted by Gasteiger charge is 2.25. The minimum absolute atomic E-state index is 0. The molecule has 22 heavy (non-hydrogen) atoms. The number of rotatable bonds is 3. The van der Waals surface area contributed by atoms with Crippen LogP contribution < -0.4 is 5.32 Å². The Morgan fingerprint density at radius 1 is 1.45 bits per heavy atom. The molecule has 1 aromatic carbocycles. The van der Waals surface area contributed by atoms with Crippen molar-refractivity contribution in [1.29, 1.82) is 0 Å². The third kappa shape index (κ3) is 3.51. The zero-order chi connectivity index (χ0) is 14.8. The average Bonchev–Trinajstić information content (AvgIpc) is 3.17. The summed E-state index contributed by atoms with van der Waals surface area (Å²) in [6, 6.07) is 9.84. The van der Waals surface area contributed by atoms with E-state index in [2.05, 4.69) is 26.3 Å². The lowest BCUT2D eigenvalue weighted by Gasteiger charge is -2.22. The SMILES string of the molecule is CN(C(=O)c1ccn(-c2cccc(Br)c2)n1)C1CCNC1.Cl. The number of nitrogens with one attached hydrogen (secondary N) is 1. The Kier molecular flexibility index (Phi) is 5.61. The Bertz CT molecular complexity index is 654. The molecule has 118 valence electrons. The molecule has 1 aliphatic rings. The van der Waals surface area contributed by atoms with E-state index in [1.807, 2.05) is 37.5 Å². The van der Waals surface area contributed by atoms with Crippen molar-refractivity contribution in [1.82, 2.24) is 20.0 Å². The fraction of sp³-hybridized carbons (Fsp3) is 0.333. The quantitative estimate of drug-likeness (QED) is 0.883. The molecule has 2 aromatic rings. The summed E-state index contributed by atoms with van der Waals surface area (Å²) in [6.45, 7) is 1.82. The summed E-state index contributed by atoms with van der Waals surface area (Å²) in [4.78, 5) is 14.2. The molecule has 0 spiro atoms. The summed E-state index contributed by atoms with van der Waals surface area (Å²) < 4.78 is 2.70. The van der Waals surface area contributed by atoms with E-state index >= 15 is 0 Å². The summed E-state index contributed by atoms with van der Waals surface area (Å²) in [5.74, 6) is -0.0301. The first-order valence-electron chi connectivity index (χ1n) is 6.94. The molecule has 1 saturated heterocycles. The van der Waals surface area contributed by atoms with Gasteiger partial charge in [-0.05, 0) is 37.2 Å². The first kappa shape index (κ1) is 17.0. The van der Waals surface area contributed by atoms with Crippen LogP contribution in [0.3, 0.4) is 0 Å². The summed E-state index contributed by atoms with van der Waals surface area (Å²) in [5.41, 5.74) is 1.40. The van der Waals surface area contributed by atoms with Crippen LogP contribution in [-0.2, 0) is 0 Å². The van der Waals surface area contributed by atoms with Crippen molar-refractivity contribution in [2.75, 3.05) is 20.1 Å². The van der Waals surface area contributed by atoms with Gasteiger partial charge in [0.05, 0.1) is 5.69 Å². The van der Waals surface area contributed by atoms with Crippen molar-refractivity contribution in [3.05, 3.63) is 46.7 Å². The smallest absolute Gasteiger partial charge is 0.274 e. The first-order chi connectivity index (χ1) is 10.1. The van der Waals surface area contributed by atoms with Gasteiger partial charge in [-0.1, -0.05) is 22.0 Å². The first-order valence-corrected chi connectivity index (χ1v) is 7.74. The monoisotopic (exact) mass is 384 g/mol. The summed E-state index contributed by atoms with van der Waals surface area (Å²) >= 11 is 3.44. The molecule has 3 rings (SSSR count). The van der Waals surface area contributed by atoms with E-state index in [1.54, 1.807) is 15.6 Å². The largest absolute Gasteiger partial charge is 0.336 e. The van der Waals surface area contributed by atoms with Crippen LogP contribution in [0, 0.1) is 0 Å². The van der Waals surface area contributed by atoms with Gasteiger partial charge in [-0.15, -0.1) is 12.4 Å². The lowest BCUT2D eigenvalue weighted by Crippen LogP contribution is -2.38. The van der Waals surface area contributed by atoms with Crippen molar-refractivity contribution in [2.45, 2.75) is 12.5 Å². The van der Waals surface area contributed by atoms with Gasteiger partial charge >= 0.3 is 0 Å². The molecule has 1 fully saturated rings. The fourth-order valence-electron chi connectivity index (χ4n) is 2.52. The predicted molar refractivity (Wildman–Crippen MR) is 91.9 cm³/mol. The highest BCUT2D eigenvalue weighted by Crippen LogP contribution is 2.16. The molecule has 0 aliphatic carbocycles. The highest BCUT2D eigenvalue weighted by molar-refractivity contribution is 9.10. The van der Waals surface area contributed by atoms with E-state index in [0.717, 1.165) is 29.7 Å². The third-order valence-electron chi connectivity index (χ3n) is 3.78. The number of carbonyl (C=O) groups excluding carboxylic acids is 1.